The van der Waals surface area contributed by atoms with E-state index in [0.717, 1.165) is 19.4 Å². The van der Waals surface area contributed by atoms with Crippen molar-refractivity contribution in [1.82, 2.24) is 9.88 Å². The zero-order valence-electron chi connectivity index (χ0n) is 11.8. The third-order valence-electron chi connectivity index (χ3n) is 3.64. The molecule has 110 valence electrons. The molecule has 3 rings (SSSR count). The maximum atomic E-state index is 12.4. The predicted octanol–water partition coefficient (Wildman–Crippen LogP) is 3.52. The molecule has 5 nitrogen and oxygen atoms in total. The van der Waals surface area contributed by atoms with Gasteiger partial charge in [-0.3, -0.25) is 0 Å². The molecule has 0 aromatic carbocycles. The van der Waals surface area contributed by atoms with E-state index in [1.165, 1.54) is 5.56 Å². The summed E-state index contributed by atoms with van der Waals surface area (Å²) in [6.07, 6.45) is 3.66. The van der Waals surface area contributed by atoms with Crippen molar-refractivity contribution in [2.75, 3.05) is 19.0 Å². The largest absolute Gasteiger partial charge is 0.481 e. The fourth-order valence-electron chi connectivity index (χ4n) is 2.59. The number of aromatic nitrogens is 1. The van der Waals surface area contributed by atoms with Crippen LogP contribution < -0.4 is 10.1 Å². The minimum atomic E-state index is -0.0735. The van der Waals surface area contributed by atoms with Crippen LogP contribution in [0.4, 0.5) is 10.5 Å². The fraction of sp³-hybridized carbons (Fsp3) is 0.333. The number of nitrogens with zero attached hydrogens (tertiary/aromatic N) is 2. The molecule has 1 N–H and O–H groups in total. The van der Waals surface area contributed by atoms with Crippen LogP contribution in [0.3, 0.4) is 0 Å². The number of amides is 2. The summed E-state index contributed by atoms with van der Waals surface area (Å²) in [6, 6.07) is 5.73. The van der Waals surface area contributed by atoms with Crippen LogP contribution in [0.15, 0.2) is 35.2 Å². The van der Waals surface area contributed by atoms with Crippen molar-refractivity contribution in [2.24, 2.45) is 0 Å². The smallest absolute Gasteiger partial charge is 0.322 e. The van der Waals surface area contributed by atoms with Gasteiger partial charge in [0.2, 0.25) is 5.88 Å². The van der Waals surface area contributed by atoms with Crippen molar-refractivity contribution in [3.63, 3.8) is 0 Å². The Morgan fingerprint density at radius 1 is 1.48 bits per heavy atom. The van der Waals surface area contributed by atoms with E-state index < -0.39 is 0 Å². The van der Waals surface area contributed by atoms with Gasteiger partial charge in [-0.1, -0.05) is 0 Å². The van der Waals surface area contributed by atoms with Crippen molar-refractivity contribution in [3.8, 4) is 5.88 Å². The summed E-state index contributed by atoms with van der Waals surface area (Å²) in [5, 5.41) is 7.07. The van der Waals surface area contributed by atoms with E-state index in [4.69, 9.17) is 4.74 Å². The summed E-state index contributed by atoms with van der Waals surface area (Å²) >= 11 is 1.67. The van der Waals surface area contributed by atoms with E-state index in [1.807, 2.05) is 4.90 Å². The zero-order valence-corrected chi connectivity index (χ0v) is 12.6. The number of thiophene rings is 1. The van der Waals surface area contributed by atoms with Crippen molar-refractivity contribution in [1.29, 1.82) is 0 Å². The number of carbonyl (C=O) groups is 1. The Hall–Kier alpha value is -2.08. The third kappa shape index (κ3) is 3.00. The fourth-order valence-corrected chi connectivity index (χ4v) is 3.30. The molecule has 0 saturated carbocycles. The molecule has 6 heteroatoms. The minimum absolute atomic E-state index is 0.0735. The standard InChI is InChI=1S/C15H17N3O2S/c1-20-14-5-4-12(9-16-14)17-15(19)18-7-2-3-13(18)11-6-8-21-10-11/h4-6,8-10,13H,2-3,7H2,1H3,(H,17,19)/t13-/m0/s1. The Morgan fingerprint density at radius 2 is 2.38 bits per heavy atom. The molecule has 2 amide bonds. The number of hydrogen-bond donors (Lipinski definition) is 1. The Bertz CT molecular complexity index is 598. The minimum Gasteiger partial charge on any atom is -0.481 e. The van der Waals surface area contributed by atoms with E-state index in [9.17, 15) is 4.79 Å². The van der Waals surface area contributed by atoms with Gasteiger partial charge in [0.05, 0.1) is 25.0 Å². The molecule has 3 heterocycles. The molecule has 0 spiro atoms. The van der Waals surface area contributed by atoms with Crippen LogP contribution in [-0.2, 0) is 0 Å². The number of pyridine rings is 1. The van der Waals surface area contributed by atoms with Gasteiger partial charge in [0.25, 0.3) is 0 Å². The molecule has 0 radical (unpaired) electrons. The first-order chi connectivity index (χ1) is 10.3. The Labute approximate surface area is 127 Å². The van der Waals surface area contributed by atoms with Crippen LogP contribution in [0.25, 0.3) is 0 Å². The molecular weight excluding hydrogens is 286 g/mol. The molecule has 0 bridgehead atoms. The maximum Gasteiger partial charge on any atom is 0.322 e. The summed E-state index contributed by atoms with van der Waals surface area (Å²) in [5.41, 5.74) is 1.90. The number of urea groups is 1. The van der Waals surface area contributed by atoms with E-state index >= 15 is 0 Å². The number of rotatable bonds is 3. The van der Waals surface area contributed by atoms with Crippen LogP contribution in [0.2, 0.25) is 0 Å². The van der Waals surface area contributed by atoms with Gasteiger partial charge in [-0.2, -0.15) is 11.3 Å². The lowest BCUT2D eigenvalue weighted by atomic mass is 10.1. The molecular formula is C15H17N3O2S. The summed E-state index contributed by atoms with van der Waals surface area (Å²) in [4.78, 5) is 18.4. The predicted molar refractivity (Wildman–Crippen MR) is 82.8 cm³/mol. The SMILES string of the molecule is COc1ccc(NC(=O)N2CCC[C@H]2c2ccsc2)cn1. The highest BCUT2D eigenvalue weighted by atomic mass is 32.1. The highest BCUT2D eigenvalue weighted by molar-refractivity contribution is 7.07. The van der Waals surface area contributed by atoms with Crippen LogP contribution in [0, 0.1) is 0 Å². The van der Waals surface area contributed by atoms with Gasteiger partial charge in [0.15, 0.2) is 0 Å². The molecule has 0 unspecified atom stereocenters. The molecule has 1 saturated heterocycles. The average molecular weight is 303 g/mol. The van der Waals surface area contributed by atoms with Crippen molar-refractivity contribution in [3.05, 3.63) is 40.7 Å². The molecule has 1 fully saturated rings. The van der Waals surface area contributed by atoms with Gasteiger partial charge in [-0.05, 0) is 41.3 Å². The van der Waals surface area contributed by atoms with E-state index in [2.05, 4.69) is 27.1 Å². The van der Waals surface area contributed by atoms with Crippen molar-refractivity contribution >= 4 is 23.1 Å². The van der Waals surface area contributed by atoms with Crippen molar-refractivity contribution in [2.45, 2.75) is 18.9 Å². The third-order valence-corrected chi connectivity index (χ3v) is 4.34. The second kappa shape index (κ2) is 6.13. The summed E-state index contributed by atoms with van der Waals surface area (Å²) in [6.45, 7) is 0.788. The molecule has 21 heavy (non-hydrogen) atoms. The van der Waals surface area contributed by atoms with Crippen LogP contribution in [0.1, 0.15) is 24.4 Å². The Morgan fingerprint density at radius 3 is 3.05 bits per heavy atom. The van der Waals surface area contributed by atoms with E-state index in [-0.39, 0.29) is 12.1 Å². The number of hydrogen-bond acceptors (Lipinski definition) is 4. The number of carbonyl (C=O) groups excluding carboxylic acids is 1. The second-order valence-electron chi connectivity index (χ2n) is 4.93. The van der Waals surface area contributed by atoms with Gasteiger partial charge >= 0.3 is 6.03 Å². The molecule has 1 aliphatic heterocycles. The lowest BCUT2D eigenvalue weighted by molar-refractivity contribution is 0.207. The van der Waals surface area contributed by atoms with E-state index in [1.54, 1.807) is 36.8 Å². The summed E-state index contributed by atoms with van der Waals surface area (Å²) in [5.74, 6) is 0.533. The Kier molecular flexibility index (Phi) is 4.06. The quantitative estimate of drug-likeness (QED) is 0.944. The van der Waals surface area contributed by atoms with Crippen LogP contribution in [-0.4, -0.2) is 29.6 Å². The second-order valence-corrected chi connectivity index (χ2v) is 5.71. The first kappa shape index (κ1) is 13.9. The van der Waals surface area contributed by atoms with E-state index in [0.29, 0.717) is 11.6 Å². The molecule has 2 aromatic rings. The number of anilines is 1. The molecule has 2 aromatic heterocycles. The monoisotopic (exact) mass is 303 g/mol. The van der Waals surface area contributed by atoms with Gasteiger partial charge in [0, 0.05) is 12.6 Å². The number of ether oxygens (including phenoxy) is 1. The van der Waals surface area contributed by atoms with Gasteiger partial charge in [-0.25, -0.2) is 9.78 Å². The number of likely N-dealkylation sites (tertiary alicyclic amines) is 1. The summed E-state index contributed by atoms with van der Waals surface area (Å²) < 4.78 is 5.01. The lowest BCUT2D eigenvalue weighted by Gasteiger charge is -2.24. The zero-order chi connectivity index (χ0) is 14.7. The molecule has 0 aliphatic carbocycles. The topological polar surface area (TPSA) is 54.5 Å². The number of methoxy groups -OCH3 is 1. The first-order valence-electron chi connectivity index (χ1n) is 6.87. The summed E-state index contributed by atoms with van der Waals surface area (Å²) in [7, 11) is 1.57. The first-order valence-corrected chi connectivity index (χ1v) is 7.82. The maximum absolute atomic E-state index is 12.4. The average Bonchev–Trinajstić information content (AvgIpc) is 3.18. The van der Waals surface area contributed by atoms with Gasteiger partial charge in [0.1, 0.15) is 0 Å². The van der Waals surface area contributed by atoms with Crippen LogP contribution >= 0.6 is 11.3 Å². The van der Waals surface area contributed by atoms with Gasteiger partial charge in [-0.15, -0.1) is 0 Å². The highest BCUT2D eigenvalue weighted by Crippen LogP contribution is 2.33. The number of nitrogens with one attached hydrogen (secondary N) is 1. The molecule has 1 aliphatic rings. The Balaban J connectivity index is 1.69. The molecule has 1 atom stereocenters. The van der Waals surface area contributed by atoms with Gasteiger partial charge < -0.3 is 15.0 Å². The highest BCUT2D eigenvalue weighted by Gasteiger charge is 2.30. The van der Waals surface area contributed by atoms with Crippen molar-refractivity contribution < 1.29 is 9.53 Å². The lowest BCUT2D eigenvalue weighted by Crippen LogP contribution is -2.34. The normalized spacial score (nSPS) is 17.8. The van der Waals surface area contributed by atoms with Crippen LogP contribution in [0.5, 0.6) is 5.88 Å².